The summed E-state index contributed by atoms with van der Waals surface area (Å²) in [5.74, 6) is 0. The Morgan fingerprint density at radius 1 is 0.600 bits per heavy atom. The summed E-state index contributed by atoms with van der Waals surface area (Å²) in [5, 5.41) is 0. The molecule has 1 aliphatic heterocycles. The van der Waals surface area contributed by atoms with Crippen LogP contribution in [0.3, 0.4) is 0 Å². The maximum absolute atomic E-state index is 2.39. The van der Waals surface area contributed by atoms with E-state index in [1.165, 1.54) is 22.1 Å². The van der Waals surface area contributed by atoms with E-state index in [9.17, 15) is 0 Å². The second kappa shape index (κ2) is 5.50. The van der Waals surface area contributed by atoms with E-state index in [-0.39, 0.29) is 21.7 Å². The summed E-state index contributed by atoms with van der Waals surface area (Å²) in [6.07, 6.45) is 18.9. The van der Waals surface area contributed by atoms with Gasteiger partial charge in [0.1, 0.15) is 0 Å². The van der Waals surface area contributed by atoms with E-state index in [1.807, 2.05) is 0 Å². The molecule has 131 valence electrons. The Balaban J connectivity index is 1.99. The fourth-order valence-corrected chi connectivity index (χ4v) is 3.43. The zero-order chi connectivity index (χ0) is 18.7. The Morgan fingerprint density at radius 2 is 0.920 bits per heavy atom. The molecular formula is C24H32B. The van der Waals surface area contributed by atoms with Gasteiger partial charge in [-0.25, -0.2) is 0 Å². The lowest BCUT2D eigenvalue weighted by Gasteiger charge is -2.37. The van der Waals surface area contributed by atoms with Crippen LogP contribution < -0.4 is 0 Å². The zero-order valence-corrected chi connectivity index (χ0v) is 17.2. The second-order valence-electron chi connectivity index (χ2n) is 10.3. The SMILES string of the molecule is CC(C)(C)C1(C)C=CC2=C(C=C1)C1=C([B]2)C=CC(C)(C(C)(C)C)C=C1. The topological polar surface area (TPSA) is 0 Å². The van der Waals surface area contributed by atoms with E-state index in [4.69, 9.17) is 0 Å². The molecule has 3 rings (SSSR count). The van der Waals surface area contributed by atoms with E-state index < -0.39 is 0 Å². The van der Waals surface area contributed by atoms with Crippen LogP contribution in [0.5, 0.6) is 0 Å². The molecule has 0 fully saturated rings. The van der Waals surface area contributed by atoms with Gasteiger partial charge >= 0.3 is 0 Å². The monoisotopic (exact) mass is 331 g/mol. The lowest BCUT2D eigenvalue weighted by Crippen LogP contribution is -2.28. The molecule has 3 aliphatic rings. The van der Waals surface area contributed by atoms with Gasteiger partial charge in [-0.15, -0.1) is 0 Å². The second-order valence-corrected chi connectivity index (χ2v) is 10.3. The quantitative estimate of drug-likeness (QED) is 0.440. The summed E-state index contributed by atoms with van der Waals surface area (Å²) in [5.41, 5.74) is 5.91. The Morgan fingerprint density at radius 3 is 1.24 bits per heavy atom. The van der Waals surface area contributed by atoms with Gasteiger partial charge in [-0.2, -0.15) is 0 Å². The molecule has 0 spiro atoms. The fraction of sp³-hybridized carbons (Fsp3) is 0.500. The summed E-state index contributed by atoms with van der Waals surface area (Å²) in [7, 11) is 2.34. The zero-order valence-electron chi connectivity index (χ0n) is 17.2. The van der Waals surface area contributed by atoms with Crippen LogP contribution in [0.4, 0.5) is 0 Å². The van der Waals surface area contributed by atoms with Gasteiger partial charge in [0.25, 0.3) is 0 Å². The molecule has 0 saturated heterocycles. The molecule has 25 heavy (non-hydrogen) atoms. The third-order valence-electron chi connectivity index (χ3n) is 6.87. The molecule has 1 radical (unpaired) electrons. The van der Waals surface area contributed by atoms with E-state index in [2.05, 4.69) is 111 Å². The minimum absolute atomic E-state index is 0.0656. The molecule has 1 heterocycles. The van der Waals surface area contributed by atoms with Crippen LogP contribution in [0.1, 0.15) is 55.4 Å². The van der Waals surface area contributed by atoms with Gasteiger partial charge in [0, 0.05) is 10.8 Å². The molecule has 0 aromatic heterocycles. The predicted octanol–water partition coefficient (Wildman–Crippen LogP) is 6.57. The van der Waals surface area contributed by atoms with Crippen molar-refractivity contribution < 1.29 is 0 Å². The highest BCUT2D eigenvalue weighted by Crippen LogP contribution is 2.47. The van der Waals surface area contributed by atoms with Gasteiger partial charge in [-0.3, -0.25) is 0 Å². The molecule has 1 heteroatoms. The normalized spacial score (nSPS) is 31.7. The summed E-state index contributed by atoms with van der Waals surface area (Å²) in [4.78, 5) is 0. The van der Waals surface area contributed by atoms with Crippen molar-refractivity contribution in [2.75, 3.05) is 0 Å². The molecule has 2 aliphatic carbocycles. The highest BCUT2D eigenvalue weighted by atomic mass is 14.4. The van der Waals surface area contributed by atoms with E-state index in [0.717, 1.165) is 0 Å². The molecule has 0 aromatic carbocycles. The average Bonchev–Trinajstić information content (AvgIpc) is 2.59. The molecular weight excluding hydrogens is 299 g/mol. The molecule has 0 N–H and O–H groups in total. The summed E-state index contributed by atoms with van der Waals surface area (Å²) >= 11 is 0. The highest BCUT2D eigenvalue weighted by molar-refractivity contribution is 6.58. The average molecular weight is 331 g/mol. The Hall–Kier alpha value is -1.50. The number of rotatable bonds is 0. The highest BCUT2D eigenvalue weighted by Gasteiger charge is 2.37. The van der Waals surface area contributed by atoms with Crippen LogP contribution in [-0.4, -0.2) is 7.28 Å². The van der Waals surface area contributed by atoms with Crippen molar-refractivity contribution in [1.82, 2.24) is 0 Å². The maximum Gasteiger partial charge on any atom is 0.193 e. The molecule has 2 atom stereocenters. The fourth-order valence-electron chi connectivity index (χ4n) is 3.43. The number of hydrogen-bond donors (Lipinski definition) is 0. The summed E-state index contributed by atoms with van der Waals surface area (Å²) < 4.78 is 0. The first-order valence-electron chi connectivity index (χ1n) is 9.47. The molecule has 0 saturated carbocycles. The van der Waals surface area contributed by atoms with Gasteiger partial charge < -0.3 is 0 Å². The van der Waals surface area contributed by atoms with Gasteiger partial charge in [0.05, 0.1) is 0 Å². The van der Waals surface area contributed by atoms with Crippen LogP contribution in [0, 0.1) is 21.7 Å². The van der Waals surface area contributed by atoms with Crippen molar-refractivity contribution in [3.05, 3.63) is 70.7 Å². The third-order valence-corrected chi connectivity index (χ3v) is 6.87. The number of fused-ring (bicyclic) bond motifs is 1. The Kier molecular flexibility index (Phi) is 4.03. The summed E-state index contributed by atoms with van der Waals surface area (Å²) in [6, 6.07) is 0. The van der Waals surface area contributed by atoms with Crippen LogP contribution >= 0.6 is 0 Å². The molecule has 0 bridgehead atoms. The maximum atomic E-state index is 2.39. The van der Waals surface area contributed by atoms with Gasteiger partial charge in [0.15, 0.2) is 7.28 Å². The lowest BCUT2D eigenvalue weighted by molar-refractivity contribution is 0.228. The predicted molar refractivity (Wildman–Crippen MR) is 111 cm³/mol. The number of hydrogen-bond acceptors (Lipinski definition) is 0. The largest absolute Gasteiger partial charge is 0.193 e. The number of allylic oxidation sites excluding steroid dienone is 12. The first-order chi connectivity index (χ1) is 11.4. The van der Waals surface area contributed by atoms with Crippen LogP contribution in [0.25, 0.3) is 0 Å². The first-order valence-corrected chi connectivity index (χ1v) is 9.47. The van der Waals surface area contributed by atoms with Crippen molar-refractivity contribution in [2.45, 2.75) is 55.4 Å². The first kappa shape index (κ1) is 18.3. The third kappa shape index (κ3) is 2.96. The molecule has 0 aromatic rings. The van der Waals surface area contributed by atoms with Crippen molar-refractivity contribution in [1.29, 1.82) is 0 Å². The van der Waals surface area contributed by atoms with E-state index in [0.29, 0.717) is 0 Å². The Bertz CT molecular complexity index is 702. The van der Waals surface area contributed by atoms with E-state index in [1.54, 1.807) is 0 Å². The van der Waals surface area contributed by atoms with Crippen molar-refractivity contribution >= 4 is 7.28 Å². The van der Waals surface area contributed by atoms with Crippen molar-refractivity contribution in [3.8, 4) is 0 Å². The van der Waals surface area contributed by atoms with Gasteiger partial charge in [0.2, 0.25) is 0 Å². The lowest BCUT2D eigenvalue weighted by atomic mass is 9.63. The molecule has 0 nitrogen and oxygen atoms in total. The molecule has 0 amide bonds. The molecule has 2 unspecified atom stereocenters. The minimum atomic E-state index is 0.0656. The van der Waals surface area contributed by atoms with Gasteiger partial charge in [-0.1, -0.05) is 115 Å². The van der Waals surface area contributed by atoms with Crippen molar-refractivity contribution in [3.63, 3.8) is 0 Å². The minimum Gasteiger partial charge on any atom is -0.0748 e. The van der Waals surface area contributed by atoms with Gasteiger partial charge in [-0.05, 0) is 22.0 Å². The van der Waals surface area contributed by atoms with Crippen LogP contribution in [0.15, 0.2) is 70.7 Å². The Labute approximate surface area is 155 Å². The smallest absolute Gasteiger partial charge is 0.0748 e. The standard InChI is InChI=1S/C24H32B/c1-21(2,3)23(7)13-9-17-18-10-14-24(8,22(4,5)6)16-12-20(18)25-19(17)11-15-23/h9-16H,1-8H3. The van der Waals surface area contributed by atoms with Crippen LogP contribution in [-0.2, 0) is 0 Å². The summed E-state index contributed by atoms with van der Waals surface area (Å²) in [6.45, 7) is 18.6. The van der Waals surface area contributed by atoms with Crippen molar-refractivity contribution in [2.24, 2.45) is 21.7 Å². The van der Waals surface area contributed by atoms with Crippen LogP contribution in [0.2, 0.25) is 0 Å². The van der Waals surface area contributed by atoms with E-state index >= 15 is 0 Å².